The molecule has 0 saturated carbocycles. The number of rotatable bonds is 9. The number of aryl methyl sites for hydroxylation is 1. The highest BCUT2D eigenvalue weighted by atomic mass is 16.5. The number of H-pyrrole nitrogens is 1. The number of aromatic nitrogens is 4. The van der Waals surface area contributed by atoms with Gasteiger partial charge in [-0.05, 0) is 42.0 Å². The number of fused-ring (bicyclic) bond motifs is 1. The molecule has 2 heterocycles. The highest BCUT2D eigenvalue weighted by Gasteiger charge is 2.20. The number of methoxy groups -OCH3 is 1. The second-order valence-corrected chi connectivity index (χ2v) is 7.46. The molecule has 11 nitrogen and oxygen atoms in total. The van der Waals surface area contributed by atoms with E-state index in [0.717, 1.165) is 11.3 Å². The van der Waals surface area contributed by atoms with E-state index in [2.05, 4.69) is 20.5 Å². The third-order valence-corrected chi connectivity index (χ3v) is 5.08. The Morgan fingerprint density at radius 3 is 2.59 bits per heavy atom. The Morgan fingerprint density at radius 1 is 1.15 bits per heavy atom. The van der Waals surface area contributed by atoms with Crippen LogP contribution in [0.15, 0.2) is 69.3 Å². The van der Waals surface area contributed by atoms with Crippen LogP contribution in [0.2, 0.25) is 0 Å². The summed E-state index contributed by atoms with van der Waals surface area (Å²) in [5.41, 5.74) is 2.68. The predicted molar refractivity (Wildman–Crippen MR) is 128 cm³/mol. The molecule has 2 aromatic heterocycles. The number of imidazole rings is 1. The van der Waals surface area contributed by atoms with Gasteiger partial charge < -0.3 is 19.1 Å². The molecule has 0 aliphatic rings. The van der Waals surface area contributed by atoms with E-state index in [1.165, 1.54) is 16.2 Å². The van der Waals surface area contributed by atoms with Crippen LogP contribution in [0.4, 0.5) is 5.95 Å². The second-order valence-electron chi connectivity index (χ2n) is 7.46. The topological polar surface area (TPSA) is 136 Å². The fourth-order valence-corrected chi connectivity index (χ4v) is 3.32. The van der Waals surface area contributed by atoms with Crippen molar-refractivity contribution in [3.63, 3.8) is 0 Å². The smallest absolute Gasteiger partial charge is 0.329 e. The number of hydrogen-bond donors (Lipinski definition) is 3. The van der Waals surface area contributed by atoms with Crippen LogP contribution in [0, 0.1) is 0 Å². The summed E-state index contributed by atoms with van der Waals surface area (Å²) in [5, 5.41) is 14.8. The first-order valence-electron chi connectivity index (χ1n) is 10.4. The Morgan fingerprint density at radius 2 is 1.88 bits per heavy atom. The Labute approximate surface area is 193 Å². The molecular weight excluding hydrogens is 440 g/mol. The minimum atomic E-state index is -0.972. The van der Waals surface area contributed by atoms with Crippen molar-refractivity contribution >= 4 is 23.3 Å². The van der Waals surface area contributed by atoms with Crippen molar-refractivity contribution in [2.24, 2.45) is 12.1 Å². The number of aromatic amines is 1. The lowest BCUT2D eigenvalue weighted by atomic mass is 10.2. The number of ether oxygens (including phenoxy) is 2. The van der Waals surface area contributed by atoms with E-state index >= 15 is 0 Å². The minimum Gasteiger partial charge on any atom is -0.497 e. The van der Waals surface area contributed by atoms with Crippen LogP contribution in [0.5, 0.6) is 11.5 Å². The van der Waals surface area contributed by atoms with E-state index in [4.69, 9.17) is 9.47 Å². The van der Waals surface area contributed by atoms with Gasteiger partial charge in [0, 0.05) is 7.05 Å². The van der Waals surface area contributed by atoms with Gasteiger partial charge in [-0.15, -0.1) is 0 Å². The molecule has 1 atom stereocenters. The summed E-state index contributed by atoms with van der Waals surface area (Å²) >= 11 is 0. The molecule has 0 spiro atoms. The zero-order valence-corrected chi connectivity index (χ0v) is 18.6. The van der Waals surface area contributed by atoms with Crippen molar-refractivity contribution in [2.75, 3.05) is 19.1 Å². The first-order valence-corrected chi connectivity index (χ1v) is 10.4. The molecule has 0 bridgehead atoms. The van der Waals surface area contributed by atoms with Gasteiger partial charge in [-0.3, -0.25) is 14.3 Å². The molecule has 1 unspecified atom stereocenters. The molecule has 11 heteroatoms. The molecule has 176 valence electrons. The van der Waals surface area contributed by atoms with Gasteiger partial charge in [0.1, 0.15) is 24.2 Å². The molecule has 0 aliphatic heterocycles. The van der Waals surface area contributed by atoms with Gasteiger partial charge in [-0.2, -0.15) is 10.1 Å². The summed E-state index contributed by atoms with van der Waals surface area (Å²) in [5.74, 6) is 1.52. The lowest BCUT2D eigenvalue weighted by molar-refractivity contribution is 0.0938. The third kappa shape index (κ3) is 4.99. The number of nitrogens with one attached hydrogen (secondary N) is 2. The van der Waals surface area contributed by atoms with Crippen molar-refractivity contribution < 1.29 is 14.6 Å². The molecular formula is C23H24N6O5. The van der Waals surface area contributed by atoms with Crippen LogP contribution in [0.1, 0.15) is 5.56 Å². The van der Waals surface area contributed by atoms with Gasteiger partial charge in [0.15, 0.2) is 11.2 Å². The largest absolute Gasteiger partial charge is 0.497 e. The molecule has 0 saturated heterocycles. The predicted octanol–water partition coefficient (Wildman–Crippen LogP) is 1.32. The van der Waals surface area contributed by atoms with Gasteiger partial charge in [-0.1, -0.05) is 18.2 Å². The van der Waals surface area contributed by atoms with Crippen molar-refractivity contribution in [1.29, 1.82) is 0 Å². The van der Waals surface area contributed by atoms with E-state index in [1.807, 2.05) is 30.3 Å². The average Bonchev–Trinajstić information content (AvgIpc) is 3.21. The Bertz CT molecular complexity index is 1410. The second kappa shape index (κ2) is 10.0. The number of hydrazone groups is 1. The van der Waals surface area contributed by atoms with E-state index in [9.17, 15) is 14.7 Å². The minimum absolute atomic E-state index is 0.0120. The maximum atomic E-state index is 12.6. The molecule has 3 N–H and O–H groups in total. The standard InChI is InChI=1S/C23H24N6O5/c1-28-20-19(21(31)26-23(28)32)29(13-16(30)14-34-18-6-4-3-5-7-18)22(25-20)27-24-12-15-8-10-17(33-2)11-9-15/h3-12,16,30H,13-14H2,1-2H3,(H,25,27)(H,26,31,32)/b24-12+. The van der Waals surface area contributed by atoms with Crippen LogP contribution in [-0.4, -0.2) is 50.2 Å². The SMILES string of the molecule is COc1ccc(/C=N/Nc2nc3c(c(=O)[nH]c(=O)n3C)n2CC(O)COc2ccccc2)cc1. The Balaban J connectivity index is 1.60. The fourth-order valence-electron chi connectivity index (χ4n) is 3.32. The van der Waals surface area contributed by atoms with Crippen molar-refractivity contribution in [2.45, 2.75) is 12.6 Å². The van der Waals surface area contributed by atoms with Crippen molar-refractivity contribution in [3.05, 3.63) is 81.0 Å². The number of aliphatic hydroxyl groups excluding tert-OH is 1. The highest BCUT2D eigenvalue weighted by Crippen LogP contribution is 2.17. The highest BCUT2D eigenvalue weighted by molar-refractivity contribution is 5.80. The number of hydrogen-bond acceptors (Lipinski definition) is 8. The molecule has 0 radical (unpaired) electrons. The number of aliphatic hydroxyl groups is 1. The lowest BCUT2D eigenvalue weighted by Crippen LogP contribution is -2.30. The van der Waals surface area contributed by atoms with Gasteiger partial charge in [-0.25, -0.2) is 10.2 Å². The normalized spacial score (nSPS) is 12.2. The zero-order valence-electron chi connectivity index (χ0n) is 18.6. The van der Waals surface area contributed by atoms with Gasteiger partial charge in [0.05, 0.1) is 19.9 Å². The molecule has 0 aliphatic carbocycles. The summed E-state index contributed by atoms with van der Waals surface area (Å²) < 4.78 is 13.4. The van der Waals surface area contributed by atoms with Crippen LogP contribution >= 0.6 is 0 Å². The van der Waals surface area contributed by atoms with E-state index in [1.54, 1.807) is 37.6 Å². The summed E-state index contributed by atoms with van der Waals surface area (Å²) in [6.45, 7) is -0.0348. The molecule has 4 aromatic rings. The van der Waals surface area contributed by atoms with Crippen LogP contribution < -0.4 is 26.1 Å². The van der Waals surface area contributed by atoms with Gasteiger partial charge >= 0.3 is 5.69 Å². The zero-order chi connectivity index (χ0) is 24.1. The van der Waals surface area contributed by atoms with Gasteiger partial charge in [0.2, 0.25) is 5.95 Å². The summed E-state index contributed by atoms with van der Waals surface area (Å²) in [7, 11) is 3.08. The lowest BCUT2D eigenvalue weighted by Gasteiger charge is -2.15. The first kappa shape index (κ1) is 22.8. The number of benzene rings is 2. The quantitative estimate of drug-likeness (QED) is 0.251. The summed E-state index contributed by atoms with van der Waals surface area (Å²) in [6, 6.07) is 16.3. The monoisotopic (exact) mass is 464 g/mol. The maximum absolute atomic E-state index is 12.6. The molecule has 4 rings (SSSR count). The summed E-state index contributed by atoms with van der Waals surface area (Å²) in [4.78, 5) is 31.2. The van der Waals surface area contributed by atoms with Crippen LogP contribution in [-0.2, 0) is 13.6 Å². The third-order valence-electron chi connectivity index (χ3n) is 5.08. The maximum Gasteiger partial charge on any atom is 0.329 e. The van der Waals surface area contributed by atoms with E-state index in [-0.39, 0.29) is 30.3 Å². The summed E-state index contributed by atoms with van der Waals surface area (Å²) in [6.07, 6.45) is 0.599. The fraction of sp³-hybridized carbons (Fsp3) is 0.217. The number of para-hydroxylation sites is 1. The number of anilines is 1. The van der Waals surface area contributed by atoms with Gasteiger partial charge in [0.25, 0.3) is 5.56 Å². The van der Waals surface area contributed by atoms with Crippen LogP contribution in [0.3, 0.4) is 0 Å². The Hall–Kier alpha value is -4.38. The Kier molecular flexibility index (Phi) is 6.74. The average molecular weight is 464 g/mol. The first-order chi connectivity index (χ1) is 16.5. The molecule has 0 fully saturated rings. The van der Waals surface area contributed by atoms with E-state index < -0.39 is 17.4 Å². The van der Waals surface area contributed by atoms with E-state index in [0.29, 0.717) is 5.75 Å². The van der Waals surface area contributed by atoms with Crippen LogP contribution in [0.25, 0.3) is 11.2 Å². The van der Waals surface area contributed by atoms with Crippen molar-refractivity contribution in [1.82, 2.24) is 19.1 Å². The molecule has 34 heavy (non-hydrogen) atoms. The number of nitrogens with zero attached hydrogens (tertiary/aromatic N) is 4. The molecule has 0 amide bonds. The van der Waals surface area contributed by atoms with Crippen molar-refractivity contribution in [3.8, 4) is 11.5 Å². The molecule has 2 aromatic carbocycles.